The SMILES string of the molecule is CC(COCc1ccccc1)OCCO[C@H](C)N. The van der Waals surface area contributed by atoms with Gasteiger partial charge in [-0.2, -0.15) is 0 Å². The normalized spacial score (nSPS) is 14.4. The first-order valence-corrected chi connectivity index (χ1v) is 6.29. The van der Waals surface area contributed by atoms with E-state index in [4.69, 9.17) is 19.9 Å². The fourth-order valence-electron chi connectivity index (χ4n) is 1.45. The first kappa shape index (κ1) is 15.1. The van der Waals surface area contributed by atoms with Crippen molar-refractivity contribution in [2.24, 2.45) is 5.73 Å². The monoisotopic (exact) mass is 253 g/mol. The van der Waals surface area contributed by atoms with Crippen LogP contribution < -0.4 is 5.73 Å². The van der Waals surface area contributed by atoms with E-state index in [1.807, 2.05) is 37.3 Å². The molecular formula is C14H23NO3. The van der Waals surface area contributed by atoms with Crippen molar-refractivity contribution in [3.63, 3.8) is 0 Å². The molecule has 1 unspecified atom stereocenters. The zero-order valence-corrected chi connectivity index (χ0v) is 11.2. The van der Waals surface area contributed by atoms with Crippen LogP contribution in [0.4, 0.5) is 0 Å². The third-order valence-corrected chi connectivity index (χ3v) is 2.33. The Morgan fingerprint density at radius 2 is 1.72 bits per heavy atom. The van der Waals surface area contributed by atoms with E-state index >= 15 is 0 Å². The zero-order chi connectivity index (χ0) is 13.2. The molecule has 0 aliphatic heterocycles. The van der Waals surface area contributed by atoms with Crippen LogP contribution in [0.2, 0.25) is 0 Å². The van der Waals surface area contributed by atoms with E-state index in [2.05, 4.69) is 0 Å². The highest BCUT2D eigenvalue weighted by Gasteiger charge is 2.03. The van der Waals surface area contributed by atoms with E-state index < -0.39 is 0 Å². The van der Waals surface area contributed by atoms with E-state index in [0.29, 0.717) is 26.4 Å². The third kappa shape index (κ3) is 7.40. The lowest BCUT2D eigenvalue weighted by atomic mass is 10.2. The van der Waals surface area contributed by atoms with Crippen molar-refractivity contribution < 1.29 is 14.2 Å². The number of benzene rings is 1. The average Bonchev–Trinajstić information content (AvgIpc) is 2.36. The van der Waals surface area contributed by atoms with Crippen LogP contribution in [0.15, 0.2) is 30.3 Å². The van der Waals surface area contributed by atoms with Crippen molar-refractivity contribution in [1.82, 2.24) is 0 Å². The summed E-state index contributed by atoms with van der Waals surface area (Å²) in [5.41, 5.74) is 6.62. The molecule has 1 aromatic rings. The number of hydrogen-bond acceptors (Lipinski definition) is 4. The Kier molecular flexibility index (Phi) is 7.60. The number of nitrogens with two attached hydrogens (primary N) is 1. The van der Waals surface area contributed by atoms with E-state index in [1.165, 1.54) is 5.56 Å². The lowest BCUT2D eigenvalue weighted by Crippen LogP contribution is -2.24. The van der Waals surface area contributed by atoms with Gasteiger partial charge in [0, 0.05) is 0 Å². The van der Waals surface area contributed by atoms with Crippen molar-refractivity contribution in [3.05, 3.63) is 35.9 Å². The van der Waals surface area contributed by atoms with Crippen molar-refractivity contribution in [2.45, 2.75) is 32.8 Å². The Balaban J connectivity index is 2.01. The Labute approximate surface area is 109 Å². The number of ether oxygens (including phenoxy) is 3. The minimum Gasteiger partial charge on any atom is -0.374 e. The molecule has 0 saturated heterocycles. The largest absolute Gasteiger partial charge is 0.374 e. The molecule has 102 valence electrons. The Hall–Kier alpha value is -0.940. The predicted octanol–water partition coefficient (Wildman–Crippen LogP) is 1.93. The molecule has 1 aromatic carbocycles. The first-order chi connectivity index (χ1) is 8.68. The highest BCUT2D eigenvalue weighted by Crippen LogP contribution is 2.02. The molecule has 4 heteroatoms. The summed E-state index contributed by atoms with van der Waals surface area (Å²) in [4.78, 5) is 0. The summed E-state index contributed by atoms with van der Waals surface area (Å²) >= 11 is 0. The Morgan fingerprint density at radius 3 is 2.39 bits per heavy atom. The second kappa shape index (κ2) is 9.05. The molecule has 0 radical (unpaired) electrons. The average molecular weight is 253 g/mol. The van der Waals surface area contributed by atoms with E-state index in [0.717, 1.165) is 0 Å². The first-order valence-electron chi connectivity index (χ1n) is 6.29. The van der Waals surface area contributed by atoms with E-state index in [9.17, 15) is 0 Å². The van der Waals surface area contributed by atoms with Gasteiger partial charge >= 0.3 is 0 Å². The molecule has 18 heavy (non-hydrogen) atoms. The summed E-state index contributed by atoms with van der Waals surface area (Å²) in [5.74, 6) is 0. The summed E-state index contributed by atoms with van der Waals surface area (Å²) in [7, 11) is 0. The van der Waals surface area contributed by atoms with Crippen molar-refractivity contribution in [3.8, 4) is 0 Å². The summed E-state index contributed by atoms with van der Waals surface area (Å²) in [6.07, 6.45) is -0.177. The van der Waals surface area contributed by atoms with Crippen LogP contribution in [0.25, 0.3) is 0 Å². The van der Waals surface area contributed by atoms with Crippen LogP contribution in [0.3, 0.4) is 0 Å². The minimum absolute atomic E-state index is 0.0605. The maximum atomic E-state index is 5.57. The fraction of sp³-hybridized carbons (Fsp3) is 0.571. The number of rotatable bonds is 9. The summed E-state index contributed by atoms with van der Waals surface area (Å²) < 4.78 is 16.3. The smallest absolute Gasteiger partial charge is 0.102 e. The molecule has 0 aromatic heterocycles. The van der Waals surface area contributed by atoms with Gasteiger partial charge in [0.05, 0.1) is 32.5 Å². The topological polar surface area (TPSA) is 53.7 Å². The van der Waals surface area contributed by atoms with Crippen LogP contribution in [-0.4, -0.2) is 32.2 Å². The summed E-state index contributed by atoms with van der Waals surface area (Å²) in [5, 5.41) is 0. The molecular weight excluding hydrogens is 230 g/mol. The maximum Gasteiger partial charge on any atom is 0.102 e. The predicted molar refractivity (Wildman–Crippen MR) is 71.1 cm³/mol. The van der Waals surface area contributed by atoms with Gasteiger partial charge in [-0.15, -0.1) is 0 Å². The molecule has 0 fully saturated rings. The summed E-state index contributed by atoms with van der Waals surface area (Å²) in [6.45, 7) is 6.03. The van der Waals surface area contributed by atoms with E-state index in [-0.39, 0.29) is 12.3 Å². The second-order valence-corrected chi connectivity index (χ2v) is 4.26. The molecule has 0 spiro atoms. The second-order valence-electron chi connectivity index (χ2n) is 4.26. The van der Waals surface area contributed by atoms with Crippen LogP contribution >= 0.6 is 0 Å². The van der Waals surface area contributed by atoms with Gasteiger partial charge in [0.1, 0.15) is 6.23 Å². The van der Waals surface area contributed by atoms with Crippen molar-refractivity contribution >= 4 is 0 Å². The molecule has 0 amide bonds. The van der Waals surface area contributed by atoms with Gasteiger partial charge in [-0.3, -0.25) is 0 Å². The molecule has 0 heterocycles. The van der Waals surface area contributed by atoms with Gasteiger partial charge in [-0.1, -0.05) is 30.3 Å². The molecule has 1 rings (SSSR count). The molecule has 0 aliphatic rings. The molecule has 0 aliphatic carbocycles. The van der Waals surface area contributed by atoms with Crippen LogP contribution in [0, 0.1) is 0 Å². The zero-order valence-electron chi connectivity index (χ0n) is 11.2. The minimum atomic E-state index is -0.238. The van der Waals surface area contributed by atoms with Crippen LogP contribution in [-0.2, 0) is 20.8 Å². The van der Waals surface area contributed by atoms with Gasteiger partial charge in [-0.25, -0.2) is 0 Å². The molecule has 4 nitrogen and oxygen atoms in total. The summed E-state index contributed by atoms with van der Waals surface area (Å²) in [6, 6.07) is 10.1. The maximum absolute atomic E-state index is 5.57. The van der Waals surface area contributed by atoms with E-state index in [1.54, 1.807) is 6.92 Å². The van der Waals surface area contributed by atoms with Gasteiger partial charge < -0.3 is 19.9 Å². The molecule has 0 bridgehead atoms. The van der Waals surface area contributed by atoms with Crippen LogP contribution in [0.5, 0.6) is 0 Å². The molecule has 0 saturated carbocycles. The number of hydrogen-bond donors (Lipinski definition) is 1. The van der Waals surface area contributed by atoms with Crippen molar-refractivity contribution in [1.29, 1.82) is 0 Å². The van der Waals surface area contributed by atoms with Gasteiger partial charge in [0.2, 0.25) is 0 Å². The third-order valence-electron chi connectivity index (χ3n) is 2.33. The van der Waals surface area contributed by atoms with Crippen LogP contribution in [0.1, 0.15) is 19.4 Å². The lowest BCUT2D eigenvalue weighted by molar-refractivity contribution is -0.0434. The van der Waals surface area contributed by atoms with Gasteiger partial charge in [0.15, 0.2) is 0 Å². The Bertz CT molecular complexity index is 303. The lowest BCUT2D eigenvalue weighted by Gasteiger charge is -2.14. The van der Waals surface area contributed by atoms with Gasteiger partial charge in [-0.05, 0) is 19.4 Å². The standard InChI is InChI=1S/C14H23NO3/c1-12(17-8-9-18-13(2)15)10-16-11-14-6-4-3-5-7-14/h3-7,12-13H,8-11,15H2,1-2H3/t12?,13-/m1/s1. The fourth-order valence-corrected chi connectivity index (χ4v) is 1.45. The van der Waals surface area contributed by atoms with Gasteiger partial charge in [0.25, 0.3) is 0 Å². The molecule has 2 atom stereocenters. The quantitative estimate of drug-likeness (QED) is 0.539. The highest BCUT2D eigenvalue weighted by molar-refractivity contribution is 5.13. The molecule has 2 N–H and O–H groups in total. The van der Waals surface area contributed by atoms with Crippen molar-refractivity contribution in [2.75, 3.05) is 19.8 Å². The highest BCUT2D eigenvalue weighted by atomic mass is 16.6. The Morgan fingerprint density at radius 1 is 1.06 bits per heavy atom.